The molecule has 0 bridgehead atoms. The normalized spacial score (nSPS) is 16.3. The number of hydrogen-bond acceptors (Lipinski definition) is 5. The first kappa shape index (κ1) is 15.1. The van der Waals surface area contributed by atoms with Crippen molar-refractivity contribution in [2.75, 3.05) is 5.32 Å². The molecule has 1 aromatic carbocycles. The lowest BCUT2D eigenvalue weighted by Gasteiger charge is -2.27. The van der Waals surface area contributed by atoms with Crippen LogP contribution in [0.15, 0.2) is 66.1 Å². The van der Waals surface area contributed by atoms with Crippen LogP contribution in [-0.4, -0.2) is 25.7 Å². The Morgan fingerprint density at radius 2 is 2.00 bits per heavy atom. The molecule has 7 heteroatoms. The molecule has 0 saturated heterocycles. The number of nitrogens with zero attached hydrogens (tertiary/aromatic N) is 4. The summed E-state index contributed by atoms with van der Waals surface area (Å²) in [5.74, 6) is 0.619. The first-order chi connectivity index (χ1) is 12.1. The minimum Gasteiger partial charge on any atom is -0.366 e. The largest absolute Gasteiger partial charge is 0.366 e. The van der Waals surface area contributed by atoms with Gasteiger partial charge in [-0.05, 0) is 24.6 Å². The zero-order valence-electron chi connectivity index (χ0n) is 13.5. The van der Waals surface area contributed by atoms with Crippen molar-refractivity contribution in [3.8, 4) is 11.4 Å². The molecular weight excluding hydrogens is 316 g/mol. The third kappa shape index (κ3) is 2.55. The average Bonchev–Trinajstić information content (AvgIpc) is 3.05. The standard InChI is InChI=1S/C18H16N6O/c1-11-14(16(19)25)15(12-6-3-2-4-7-12)24-18(21-11)22-17(23-24)13-8-5-9-20-10-13/h2-10,15H,1H3,(H2,19,25)(H,21,22,23). The zero-order valence-corrected chi connectivity index (χ0v) is 13.5. The van der Waals surface area contributed by atoms with Gasteiger partial charge in [-0.25, -0.2) is 4.68 Å². The number of anilines is 1. The van der Waals surface area contributed by atoms with Gasteiger partial charge in [-0.1, -0.05) is 30.3 Å². The van der Waals surface area contributed by atoms with Crippen LogP contribution in [-0.2, 0) is 4.79 Å². The summed E-state index contributed by atoms with van der Waals surface area (Å²) in [7, 11) is 0. The Morgan fingerprint density at radius 1 is 1.20 bits per heavy atom. The van der Waals surface area contributed by atoms with Crippen LogP contribution in [0.5, 0.6) is 0 Å². The van der Waals surface area contributed by atoms with E-state index in [2.05, 4.69) is 20.4 Å². The van der Waals surface area contributed by atoms with Gasteiger partial charge in [0.1, 0.15) is 6.04 Å². The molecule has 1 aliphatic heterocycles. The molecule has 1 atom stereocenters. The third-order valence-corrected chi connectivity index (χ3v) is 4.15. The highest BCUT2D eigenvalue weighted by molar-refractivity contribution is 5.95. The Kier molecular flexibility index (Phi) is 3.53. The molecule has 25 heavy (non-hydrogen) atoms. The number of nitrogens with one attached hydrogen (secondary N) is 1. The Balaban J connectivity index is 1.89. The second-order valence-corrected chi connectivity index (χ2v) is 5.79. The molecule has 4 rings (SSSR count). The van der Waals surface area contributed by atoms with E-state index in [-0.39, 0.29) is 0 Å². The Bertz CT molecular complexity index is 962. The van der Waals surface area contributed by atoms with Gasteiger partial charge in [0.15, 0.2) is 5.82 Å². The number of carbonyl (C=O) groups excluding carboxylic acids is 1. The van der Waals surface area contributed by atoms with Crippen molar-refractivity contribution in [2.24, 2.45) is 5.73 Å². The van der Waals surface area contributed by atoms with Gasteiger partial charge in [0, 0.05) is 23.7 Å². The molecule has 1 amide bonds. The Labute approximate surface area is 144 Å². The Morgan fingerprint density at radius 3 is 2.68 bits per heavy atom. The lowest BCUT2D eigenvalue weighted by Crippen LogP contribution is -2.31. The Hall–Kier alpha value is -3.48. The zero-order chi connectivity index (χ0) is 17.4. The van der Waals surface area contributed by atoms with Gasteiger partial charge in [-0.15, -0.1) is 5.10 Å². The average molecular weight is 332 g/mol. The van der Waals surface area contributed by atoms with Gasteiger partial charge in [-0.2, -0.15) is 4.98 Å². The first-order valence-electron chi connectivity index (χ1n) is 7.84. The maximum absolute atomic E-state index is 12.1. The summed E-state index contributed by atoms with van der Waals surface area (Å²) in [6.45, 7) is 1.82. The highest BCUT2D eigenvalue weighted by Gasteiger charge is 2.33. The maximum Gasteiger partial charge on any atom is 0.248 e. The quantitative estimate of drug-likeness (QED) is 0.765. The lowest BCUT2D eigenvalue weighted by molar-refractivity contribution is -0.115. The number of primary amides is 1. The monoisotopic (exact) mass is 332 g/mol. The first-order valence-corrected chi connectivity index (χ1v) is 7.84. The van der Waals surface area contributed by atoms with E-state index < -0.39 is 11.9 Å². The van der Waals surface area contributed by atoms with Crippen molar-refractivity contribution < 1.29 is 4.79 Å². The maximum atomic E-state index is 12.1. The second-order valence-electron chi connectivity index (χ2n) is 5.79. The third-order valence-electron chi connectivity index (χ3n) is 4.15. The minimum atomic E-state index is -0.483. The molecule has 0 aliphatic carbocycles. The van der Waals surface area contributed by atoms with Crippen LogP contribution in [0, 0.1) is 0 Å². The molecule has 3 aromatic rings. The number of aromatic nitrogens is 4. The van der Waals surface area contributed by atoms with E-state index in [0.29, 0.717) is 23.0 Å². The van der Waals surface area contributed by atoms with Crippen molar-refractivity contribution >= 4 is 11.9 Å². The van der Waals surface area contributed by atoms with Gasteiger partial charge in [0.25, 0.3) is 0 Å². The van der Waals surface area contributed by atoms with E-state index in [1.54, 1.807) is 17.1 Å². The van der Waals surface area contributed by atoms with Crippen molar-refractivity contribution in [3.05, 3.63) is 71.7 Å². The molecule has 7 nitrogen and oxygen atoms in total. The SMILES string of the molecule is CC1=C(C(N)=O)C(c2ccccc2)n2nc(-c3cccnc3)nc2N1. The van der Waals surface area contributed by atoms with Crippen LogP contribution in [0.3, 0.4) is 0 Å². The molecule has 0 radical (unpaired) electrons. The van der Waals surface area contributed by atoms with E-state index in [4.69, 9.17) is 5.73 Å². The molecule has 3 heterocycles. The summed E-state index contributed by atoms with van der Waals surface area (Å²) in [6.07, 6.45) is 3.40. The van der Waals surface area contributed by atoms with Crippen LogP contribution in [0.2, 0.25) is 0 Å². The van der Waals surface area contributed by atoms with Gasteiger partial charge in [0.2, 0.25) is 11.9 Å². The van der Waals surface area contributed by atoms with Crippen molar-refractivity contribution in [3.63, 3.8) is 0 Å². The summed E-state index contributed by atoms with van der Waals surface area (Å²) < 4.78 is 1.70. The van der Waals surface area contributed by atoms with Gasteiger partial charge in [0.05, 0.1) is 5.57 Å². The molecule has 1 aliphatic rings. The van der Waals surface area contributed by atoms with Crippen molar-refractivity contribution in [1.82, 2.24) is 19.7 Å². The van der Waals surface area contributed by atoms with E-state index >= 15 is 0 Å². The highest BCUT2D eigenvalue weighted by Crippen LogP contribution is 2.35. The van der Waals surface area contributed by atoms with Crippen LogP contribution in [0.4, 0.5) is 5.95 Å². The molecule has 2 aromatic heterocycles. The van der Waals surface area contributed by atoms with Crippen molar-refractivity contribution in [1.29, 1.82) is 0 Å². The predicted octanol–water partition coefficient (Wildman–Crippen LogP) is 2.11. The van der Waals surface area contributed by atoms with Crippen LogP contribution < -0.4 is 11.1 Å². The number of benzene rings is 1. The predicted molar refractivity (Wildman–Crippen MR) is 93.4 cm³/mol. The number of nitrogens with two attached hydrogens (primary N) is 1. The molecular formula is C18H16N6O. The molecule has 1 unspecified atom stereocenters. The summed E-state index contributed by atoms with van der Waals surface area (Å²) >= 11 is 0. The molecule has 3 N–H and O–H groups in total. The fourth-order valence-corrected chi connectivity index (χ4v) is 3.03. The van der Waals surface area contributed by atoms with E-state index in [9.17, 15) is 4.79 Å². The summed E-state index contributed by atoms with van der Waals surface area (Å²) in [5, 5.41) is 7.74. The van der Waals surface area contributed by atoms with E-state index in [0.717, 1.165) is 11.1 Å². The lowest BCUT2D eigenvalue weighted by atomic mass is 9.95. The fourth-order valence-electron chi connectivity index (χ4n) is 3.03. The van der Waals surface area contributed by atoms with Crippen LogP contribution >= 0.6 is 0 Å². The van der Waals surface area contributed by atoms with E-state index in [1.165, 1.54) is 0 Å². The number of amides is 1. The van der Waals surface area contributed by atoms with Crippen molar-refractivity contribution in [2.45, 2.75) is 13.0 Å². The van der Waals surface area contributed by atoms with Crippen LogP contribution in [0.25, 0.3) is 11.4 Å². The van der Waals surface area contributed by atoms with Crippen LogP contribution in [0.1, 0.15) is 18.5 Å². The van der Waals surface area contributed by atoms with Gasteiger partial charge < -0.3 is 11.1 Å². The molecule has 0 saturated carbocycles. The molecule has 0 spiro atoms. The topological polar surface area (TPSA) is 98.7 Å². The smallest absolute Gasteiger partial charge is 0.248 e. The molecule has 124 valence electrons. The molecule has 0 fully saturated rings. The minimum absolute atomic E-state index is 0.423. The summed E-state index contributed by atoms with van der Waals surface area (Å²) in [5.41, 5.74) is 8.52. The fraction of sp³-hybridized carbons (Fsp3) is 0.111. The summed E-state index contributed by atoms with van der Waals surface area (Å²) in [6, 6.07) is 13.0. The second kappa shape index (κ2) is 5.86. The van der Waals surface area contributed by atoms with Gasteiger partial charge >= 0.3 is 0 Å². The summed E-state index contributed by atoms with van der Waals surface area (Å²) in [4.78, 5) is 20.8. The number of carbonyl (C=O) groups is 1. The van der Waals surface area contributed by atoms with E-state index in [1.807, 2.05) is 49.4 Å². The van der Waals surface area contributed by atoms with Gasteiger partial charge in [-0.3, -0.25) is 9.78 Å². The number of pyridine rings is 1. The highest BCUT2D eigenvalue weighted by atomic mass is 16.1. The number of fused-ring (bicyclic) bond motifs is 1. The number of hydrogen-bond donors (Lipinski definition) is 2. The number of rotatable bonds is 3. The number of allylic oxidation sites excluding steroid dienone is 1.